The monoisotopic (exact) mass is 252 g/mol. The summed E-state index contributed by atoms with van der Waals surface area (Å²) in [6, 6.07) is 7.32. The third-order valence-corrected chi connectivity index (χ3v) is 2.84. The van der Waals surface area contributed by atoms with Crippen molar-refractivity contribution in [1.82, 2.24) is 20.2 Å². The summed E-state index contributed by atoms with van der Waals surface area (Å²) < 4.78 is 18.3. The Morgan fingerprint density at radius 2 is 2.29 bits per heavy atom. The molecule has 0 amide bonds. The Morgan fingerprint density at radius 3 is 3.00 bits per heavy atom. The van der Waals surface area contributed by atoms with E-state index in [4.69, 9.17) is 4.74 Å². The fourth-order valence-corrected chi connectivity index (χ4v) is 1.93. The van der Waals surface area contributed by atoms with Crippen LogP contribution in [0.3, 0.4) is 0 Å². The summed E-state index contributed by atoms with van der Waals surface area (Å²) in [4.78, 5) is 0. The van der Waals surface area contributed by atoms with Crippen LogP contribution in [-0.2, 0) is 11.2 Å². The van der Waals surface area contributed by atoms with Crippen LogP contribution in [0.15, 0.2) is 29.4 Å². The number of aromatic nitrogens is 4. The molecule has 6 nitrogen and oxygen atoms in total. The van der Waals surface area contributed by atoms with E-state index in [0.29, 0.717) is 11.8 Å². The minimum absolute atomic E-state index is 0.318. The van der Waals surface area contributed by atoms with E-state index in [1.54, 1.807) is 6.07 Å². The Morgan fingerprint density at radius 1 is 1.47 bits per heavy atom. The highest BCUT2D eigenvalue weighted by Crippen LogP contribution is 2.18. The van der Waals surface area contributed by atoms with Gasteiger partial charge in [-0.25, -0.2) is 0 Å². The molecule has 0 aliphatic heterocycles. The molecule has 1 heterocycles. The maximum absolute atomic E-state index is 11.4. The molecule has 0 aliphatic carbocycles. The van der Waals surface area contributed by atoms with Gasteiger partial charge in [0.25, 0.3) is 0 Å². The minimum atomic E-state index is -1.23. The topological polar surface area (TPSA) is 75.9 Å². The predicted octanol–water partition coefficient (Wildman–Crippen LogP) is 0.798. The lowest BCUT2D eigenvalue weighted by Gasteiger charge is -2.07. The first-order valence-corrected chi connectivity index (χ1v) is 6.63. The molecule has 17 heavy (non-hydrogen) atoms. The van der Waals surface area contributed by atoms with Gasteiger partial charge < -0.3 is 9.29 Å². The van der Waals surface area contributed by atoms with Crippen LogP contribution in [0.1, 0.15) is 6.92 Å². The largest absolute Gasteiger partial charge is 0.609 e. The number of nitrogens with zero attached hydrogens (tertiary/aromatic N) is 4. The minimum Gasteiger partial charge on any atom is -0.609 e. The molecular weight excluding hydrogens is 240 g/mol. The zero-order chi connectivity index (χ0) is 12.3. The molecule has 2 aromatic rings. The highest BCUT2D eigenvalue weighted by atomic mass is 32.2. The van der Waals surface area contributed by atoms with Crippen LogP contribution in [0.2, 0.25) is 0 Å². The standard InChI is InChI=1S/C10H12N4O2S/c1-3-16-9-6-4-5-8(7-9)14-10(17(2)15)11-12-13-14/h4-7H,3H2,1-2H3. The van der Waals surface area contributed by atoms with Crippen molar-refractivity contribution in [2.45, 2.75) is 12.1 Å². The van der Waals surface area contributed by atoms with Crippen molar-refractivity contribution in [2.75, 3.05) is 12.9 Å². The van der Waals surface area contributed by atoms with E-state index in [1.165, 1.54) is 10.9 Å². The van der Waals surface area contributed by atoms with Crippen molar-refractivity contribution < 1.29 is 9.29 Å². The lowest BCUT2D eigenvalue weighted by molar-refractivity contribution is 0.340. The van der Waals surface area contributed by atoms with Crippen molar-refractivity contribution >= 4 is 11.2 Å². The molecule has 0 N–H and O–H groups in total. The maximum Gasteiger partial charge on any atom is 0.365 e. The van der Waals surface area contributed by atoms with Crippen LogP contribution in [0.5, 0.6) is 5.75 Å². The van der Waals surface area contributed by atoms with E-state index in [-0.39, 0.29) is 0 Å². The maximum atomic E-state index is 11.4. The van der Waals surface area contributed by atoms with Gasteiger partial charge in [-0.15, -0.1) is 0 Å². The number of hydrogen-bond donors (Lipinski definition) is 0. The van der Waals surface area contributed by atoms with E-state index in [0.717, 1.165) is 11.4 Å². The predicted molar refractivity (Wildman–Crippen MR) is 62.7 cm³/mol. The van der Waals surface area contributed by atoms with Gasteiger partial charge in [0.15, 0.2) is 0 Å². The first-order valence-electron chi connectivity index (χ1n) is 5.07. The molecule has 0 aliphatic rings. The molecule has 0 bridgehead atoms. The first-order chi connectivity index (χ1) is 8.22. The Labute approximate surface area is 102 Å². The van der Waals surface area contributed by atoms with Gasteiger partial charge in [0.05, 0.1) is 12.3 Å². The van der Waals surface area contributed by atoms with E-state index >= 15 is 0 Å². The second-order valence-corrected chi connectivity index (χ2v) is 4.53. The Kier molecular flexibility index (Phi) is 3.60. The number of tetrazole rings is 1. The second-order valence-electron chi connectivity index (χ2n) is 3.26. The normalized spacial score (nSPS) is 12.4. The second kappa shape index (κ2) is 5.15. The summed E-state index contributed by atoms with van der Waals surface area (Å²) in [7, 11) is 0. The van der Waals surface area contributed by atoms with Gasteiger partial charge in [0, 0.05) is 17.2 Å². The van der Waals surface area contributed by atoms with Gasteiger partial charge in [-0.2, -0.15) is 4.68 Å². The number of hydrogen-bond acceptors (Lipinski definition) is 5. The molecule has 90 valence electrons. The van der Waals surface area contributed by atoms with Gasteiger partial charge in [-0.1, -0.05) is 11.2 Å². The smallest absolute Gasteiger partial charge is 0.365 e. The van der Waals surface area contributed by atoms with E-state index < -0.39 is 11.2 Å². The molecule has 0 spiro atoms. The molecule has 0 saturated heterocycles. The van der Waals surface area contributed by atoms with Crippen LogP contribution in [-0.4, -0.2) is 37.6 Å². The van der Waals surface area contributed by atoms with Crippen molar-refractivity contribution in [3.8, 4) is 11.4 Å². The van der Waals surface area contributed by atoms with Crippen LogP contribution in [0.25, 0.3) is 5.69 Å². The van der Waals surface area contributed by atoms with Crippen LogP contribution in [0, 0.1) is 0 Å². The van der Waals surface area contributed by atoms with Crippen LogP contribution >= 0.6 is 0 Å². The van der Waals surface area contributed by atoms with Crippen molar-refractivity contribution in [3.63, 3.8) is 0 Å². The van der Waals surface area contributed by atoms with E-state index in [1.807, 2.05) is 25.1 Å². The SMILES string of the molecule is CCOc1cccc(-n2nnnc2[S+](C)[O-])c1. The van der Waals surface area contributed by atoms with Crippen molar-refractivity contribution in [1.29, 1.82) is 0 Å². The van der Waals surface area contributed by atoms with Gasteiger partial charge in [-0.05, 0) is 29.5 Å². The molecule has 1 unspecified atom stereocenters. The summed E-state index contributed by atoms with van der Waals surface area (Å²) in [5.74, 6) is 0.730. The summed E-state index contributed by atoms with van der Waals surface area (Å²) in [5.41, 5.74) is 0.728. The molecule has 0 saturated carbocycles. The van der Waals surface area contributed by atoms with Crippen LogP contribution in [0.4, 0.5) is 0 Å². The Hall–Kier alpha value is -1.60. The fourth-order valence-electron chi connectivity index (χ4n) is 1.39. The van der Waals surface area contributed by atoms with E-state index in [2.05, 4.69) is 15.5 Å². The summed E-state index contributed by atoms with van der Waals surface area (Å²) in [6.45, 7) is 2.50. The molecule has 1 aromatic carbocycles. The fraction of sp³-hybridized carbons (Fsp3) is 0.300. The van der Waals surface area contributed by atoms with Gasteiger partial charge in [-0.3, -0.25) is 0 Å². The first kappa shape index (κ1) is 11.9. The quantitative estimate of drug-likeness (QED) is 0.752. The number of ether oxygens (including phenoxy) is 1. The highest BCUT2D eigenvalue weighted by molar-refractivity contribution is 7.90. The Balaban J connectivity index is 2.38. The third kappa shape index (κ3) is 2.56. The van der Waals surface area contributed by atoms with Gasteiger partial charge in [0.2, 0.25) is 0 Å². The molecule has 2 rings (SSSR count). The molecule has 0 fully saturated rings. The zero-order valence-electron chi connectivity index (χ0n) is 9.53. The molecular formula is C10H12N4O2S. The molecule has 7 heteroatoms. The van der Waals surface area contributed by atoms with Gasteiger partial charge >= 0.3 is 5.16 Å². The average Bonchev–Trinajstić information content (AvgIpc) is 2.79. The van der Waals surface area contributed by atoms with Gasteiger partial charge in [0.1, 0.15) is 12.0 Å². The Bertz CT molecular complexity index is 501. The third-order valence-electron chi connectivity index (χ3n) is 2.07. The lowest BCUT2D eigenvalue weighted by Crippen LogP contribution is -2.09. The summed E-state index contributed by atoms with van der Waals surface area (Å²) in [6.07, 6.45) is 1.54. The van der Waals surface area contributed by atoms with Crippen molar-refractivity contribution in [3.05, 3.63) is 24.3 Å². The summed E-state index contributed by atoms with van der Waals surface area (Å²) in [5, 5.41) is 11.4. The van der Waals surface area contributed by atoms with Crippen LogP contribution < -0.4 is 4.74 Å². The number of benzene rings is 1. The lowest BCUT2D eigenvalue weighted by atomic mass is 10.3. The molecule has 1 aromatic heterocycles. The van der Waals surface area contributed by atoms with E-state index in [9.17, 15) is 4.55 Å². The molecule has 1 atom stereocenters. The zero-order valence-corrected chi connectivity index (χ0v) is 10.3. The van der Waals surface area contributed by atoms with Crippen molar-refractivity contribution in [2.24, 2.45) is 0 Å². The summed E-state index contributed by atoms with van der Waals surface area (Å²) >= 11 is -1.23. The molecule has 0 radical (unpaired) electrons. The average molecular weight is 252 g/mol. The number of rotatable bonds is 4. The highest BCUT2D eigenvalue weighted by Gasteiger charge is 2.17.